The van der Waals surface area contributed by atoms with Crippen molar-refractivity contribution in [3.8, 4) is 0 Å². The molecule has 0 aliphatic carbocycles. The average Bonchev–Trinajstić information content (AvgIpc) is 3.16. The van der Waals surface area contributed by atoms with Crippen molar-refractivity contribution >= 4 is 23.0 Å². The number of nitrogens with zero attached hydrogens (tertiary/aromatic N) is 2. The topological polar surface area (TPSA) is 75.5 Å². The molecule has 24 heavy (non-hydrogen) atoms. The molecule has 1 aromatic carbocycles. The molecule has 0 bridgehead atoms. The Morgan fingerprint density at radius 2 is 2.21 bits per heavy atom. The summed E-state index contributed by atoms with van der Waals surface area (Å²) < 4.78 is 1.76. The van der Waals surface area contributed by atoms with Crippen LogP contribution in [0.2, 0.25) is 0 Å². The van der Waals surface area contributed by atoms with Gasteiger partial charge in [-0.15, -0.1) is 0 Å². The highest BCUT2D eigenvalue weighted by Crippen LogP contribution is 2.26. The number of imidazole rings is 1. The van der Waals surface area contributed by atoms with Crippen LogP contribution in [0.25, 0.3) is 5.52 Å². The van der Waals surface area contributed by atoms with Crippen LogP contribution in [0.5, 0.6) is 0 Å². The summed E-state index contributed by atoms with van der Waals surface area (Å²) in [5, 5.41) is 5.77. The minimum absolute atomic E-state index is 0.00249. The molecule has 2 N–H and O–H groups in total. The smallest absolute Gasteiger partial charge is 0.288 e. The highest BCUT2D eigenvalue weighted by Gasteiger charge is 2.20. The van der Waals surface area contributed by atoms with E-state index in [4.69, 9.17) is 0 Å². The molecule has 3 heterocycles. The van der Waals surface area contributed by atoms with E-state index in [-0.39, 0.29) is 17.9 Å². The van der Waals surface area contributed by atoms with Gasteiger partial charge < -0.3 is 10.6 Å². The first kappa shape index (κ1) is 14.4. The van der Waals surface area contributed by atoms with E-state index in [0.29, 0.717) is 12.2 Å². The van der Waals surface area contributed by atoms with Crippen molar-refractivity contribution in [3.05, 3.63) is 65.7 Å². The van der Waals surface area contributed by atoms with E-state index >= 15 is 0 Å². The second-order valence-electron chi connectivity index (χ2n) is 5.91. The first-order valence-electron chi connectivity index (χ1n) is 7.77. The second-order valence-corrected chi connectivity index (χ2v) is 5.91. The zero-order chi connectivity index (χ0) is 16.7. The quantitative estimate of drug-likeness (QED) is 0.777. The number of aromatic nitrogens is 2. The maximum absolute atomic E-state index is 12.5. The van der Waals surface area contributed by atoms with Gasteiger partial charge in [-0.25, -0.2) is 4.98 Å². The fraction of sp³-hybridized carbons (Fsp3) is 0.167. The van der Waals surface area contributed by atoms with Crippen LogP contribution in [-0.4, -0.2) is 21.2 Å². The number of amides is 2. The van der Waals surface area contributed by atoms with E-state index in [2.05, 4.69) is 15.6 Å². The number of fused-ring (bicyclic) bond motifs is 2. The Morgan fingerprint density at radius 3 is 3.08 bits per heavy atom. The minimum Gasteiger partial charge on any atom is -0.343 e. The third-order valence-corrected chi connectivity index (χ3v) is 4.24. The fourth-order valence-electron chi connectivity index (χ4n) is 2.97. The Bertz CT molecular complexity index is 961. The fourth-order valence-corrected chi connectivity index (χ4v) is 2.97. The molecule has 2 amide bonds. The molecule has 120 valence electrons. The van der Waals surface area contributed by atoms with Gasteiger partial charge in [-0.1, -0.05) is 18.2 Å². The summed E-state index contributed by atoms with van der Waals surface area (Å²) in [6.07, 6.45) is 3.87. The second kappa shape index (κ2) is 5.49. The van der Waals surface area contributed by atoms with Crippen LogP contribution in [0.15, 0.2) is 48.8 Å². The molecule has 6 nitrogen and oxygen atoms in total. The van der Waals surface area contributed by atoms with Crippen LogP contribution >= 0.6 is 0 Å². The molecule has 1 aliphatic heterocycles. The molecule has 0 radical (unpaired) electrons. The van der Waals surface area contributed by atoms with E-state index in [1.54, 1.807) is 10.6 Å². The Labute approximate surface area is 138 Å². The first-order valence-corrected chi connectivity index (χ1v) is 7.77. The number of rotatable bonds is 3. The van der Waals surface area contributed by atoms with Gasteiger partial charge in [0.1, 0.15) is 0 Å². The molecule has 0 saturated carbocycles. The highest BCUT2D eigenvalue weighted by molar-refractivity contribution is 5.99. The summed E-state index contributed by atoms with van der Waals surface area (Å²) in [6, 6.07) is 11.2. The van der Waals surface area contributed by atoms with Crippen molar-refractivity contribution < 1.29 is 9.59 Å². The molecule has 0 saturated heterocycles. The summed E-state index contributed by atoms with van der Waals surface area (Å²) in [4.78, 5) is 28.2. The van der Waals surface area contributed by atoms with Gasteiger partial charge in [0, 0.05) is 11.9 Å². The van der Waals surface area contributed by atoms with Crippen molar-refractivity contribution in [1.29, 1.82) is 0 Å². The summed E-state index contributed by atoms with van der Waals surface area (Å²) in [7, 11) is 0. The maximum Gasteiger partial charge on any atom is 0.288 e. The van der Waals surface area contributed by atoms with E-state index in [1.807, 2.05) is 49.5 Å². The molecular weight excluding hydrogens is 304 g/mol. The van der Waals surface area contributed by atoms with Crippen LogP contribution in [0.3, 0.4) is 0 Å². The predicted molar refractivity (Wildman–Crippen MR) is 89.8 cm³/mol. The SMILES string of the molecule is CC(NC(=O)c1ncc2ccccn12)c1ccc2c(c1)CC(=O)N2. The van der Waals surface area contributed by atoms with Crippen molar-refractivity contribution in [1.82, 2.24) is 14.7 Å². The summed E-state index contributed by atoms with van der Waals surface area (Å²) in [5.41, 5.74) is 3.64. The monoisotopic (exact) mass is 320 g/mol. The number of carbonyl (C=O) groups is 2. The minimum atomic E-state index is -0.233. The lowest BCUT2D eigenvalue weighted by Gasteiger charge is -2.15. The Hall–Kier alpha value is -3.15. The van der Waals surface area contributed by atoms with Gasteiger partial charge in [0.05, 0.1) is 24.2 Å². The maximum atomic E-state index is 12.5. The Kier molecular flexibility index (Phi) is 3.30. The highest BCUT2D eigenvalue weighted by atomic mass is 16.2. The lowest BCUT2D eigenvalue weighted by Crippen LogP contribution is -2.28. The molecule has 3 aromatic rings. The number of nitrogens with one attached hydrogen (secondary N) is 2. The van der Waals surface area contributed by atoms with Crippen molar-refractivity contribution in [3.63, 3.8) is 0 Å². The number of hydrogen-bond donors (Lipinski definition) is 2. The van der Waals surface area contributed by atoms with Crippen LogP contribution in [0.1, 0.15) is 34.7 Å². The average molecular weight is 320 g/mol. The number of carbonyl (C=O) groups excluding carboxylic acids is 2. The van der Waals surface area contributed by atoms with Crippen LogP contribution in [-0.2, 0) is 11.2 Å². The lowest BCUT2D eigenvalue weighted by atomic mass is 10.0. The third kappa shape index (κ3) is 2.42. The lowest BCUT2D eigenvalue weighted by molar-refractivity contribution is -0.115. The molecule has 2 aromatic heterocycles. The molecule has 1 atom stereocenters. The zero-order valence-corrected chi connectivity index (χ0v) is 13.1. The van der Waals surface area contributed by atoms with E-state index in [1.165, 1.54) is 0 Å². The van der Waals surface area contributed by atoms with Gasteiger partial charge in [-0.2, -0.15) is 0 Å². The van der Waals surface area contributed by atoms with Crippen LogP contribution < -0.4 is 10.6 Å². The molecule has 1 unspecified atom stereocenters. The van der Waals surface area contributed by atoms with Crippen LogP contribution in [0.4, 0.5) is 5.69 Å². The van der Waals surface area contributed by atoms with Crippen molar-refractivity contribution in [2.75, 3.05) is 5.32 Å². The van der Waals surface area contributed by atoms with Gasteiger partial charge >= 0.3 is 0 Å². The van der Waals surface area contributed by atoms with Crippen molar-refractivity contribution in [2.45, 2.75) is 19.4 Å². The number of anilines is 1. The van der Waals surface area contributed by atoms with E-state index in [9.17, 15) is 9.59 Å². The summed E-state index contributed by atoms with van der Waals surface area (Å²) >= 11 is 0. The summed E-state index contributed by atoms with van der Waals surface area (Å²) in [5.74, 6) is 0.126. The van der Waals surface area contributed by atoms with Gasteiger partial charge in [0.2, 0.25) is 11.7 Å². The molecule has 0 spiro atoms. The van der Waals surface area contributed by atoms with E-state index in [0.717, 1.165) is 22.3 Å². The zero-order valence-electron chi connectivity index (χ0n) is 13.1. The third-order valence-electron chi connectivity index (χ3n) is 4.24. The number of pyridine rings is 1. The largest absolute Gasteiger partial charge is 0.343 e. The number of benzene rings is 1. The first-order chi connectivity index (χ1) is 11.6. The van der Waals surface area contributed by atoms with Crippen LogP contribution in [0, 0.1) is 0 Å². The van der Waals surface area contributed by atoms with Crippen molar-refractivity contribution in [2.24, 2.45) is 0 Å². The molecule has 4 rings (SSSR count). The normalized spacial score (nSPS) is 14.3. The Balaban J connectivity index is 1.56. The standard InChI is InChI=1S/C18H16N4O2/c1-11(12-5-6-15-13(8-12)9-16(23)21-15)20-18(24)17-19-10-14-4-2-3-7-22(14)17/h2-8,10-11H,9H2,1H3,(H,20,24)(H,21,23). The summed E-state index contributed by atoms with van der Waals surface area (Å²) in [6.45, 7) is 1.92. The predicted octanol–water partition coefficient (Wildman–Crippen LogP) is 2.32. The molecular formula is C18H16N4O2. The molecule has 0 fully saturated rings. The molecule has 1 aliphatic rings. The molecule has 6 heteroatoms. The number of hydrogen-bond acceptors (Lipinski definition) is 3. The van der Waals surface area contributed by atoms with Gasteiger partial charge in [-0.3, -0.25) is 14.0 Å². The van der Waals surface area contributed by atoms with Gasteiger partial charge in [0.25, 0.3) is 5.91 Å². The van der Waals surface area contributed by atoms with Gasteiger partial charge in [-0.05, 0) is 36.2 Å². The Morgan fingerprint density at radius 1 is 1.33 bits per heavy atom. The van der Waals surface area contributed by atoms with E-state index < -0.39 is 0 Å². The van der Waals surface area contributed by atoms with Gasteiger partial charge in [0.15, 0.2) is 0 Å².